The van der Waals surface area contributed by atoms with E-state index in [1.165, 1.54) is 0 Å². The van der Waals surface area contributed by atoms with E-state index in [2.05, 4.69) is 42.1 Å². The molecule has 1 N–H and O–H groups in total. The predicted molar refractivity (Wildman–Crippen MR) is 150 cm³/mol. The van der Waals surface area contributed by atoms with Crippen LogP contribution in [0.4, 0.5) is 0 Å². The Morgan fingerprint density at radius 2 is 1.76 bits per heavy atom. The Hall–Kier alpha value is -3.48. The number of nitrogens with zero attached hydrogens (tertiary/aromatic N) is 4. The van der Waals surface area contributed by atoms with Crippen LogP contribution >= 0.6 is 0 Å². The van der Waals surface area contributed by atoms with Crippen LogP contribution in [0.2, 0.25) is 0 Å². The number of carbonyl (C=O) groups is 1. The summed E-state index contributed by atoms with van der Waals surface area (Å²) in [5, 5.41) is 13.4. The van der Waals surface area contributed by atoms with Gasteiger partial charge in [0.25, 0.3) is 5.91 Å². The first kappa shape index (κ1) is 25.2. The average Bonchev–Trinajstić information content (AvgIpc) is 2.91. The number of fused-ring (bicyclic) bond motifs is 2. The molecule has 0 saturated carbocycles. The molecule has 1 aromatic heterocycles. The van der Waals surface area contributed by atoms with Crippen molar-refractivity contribution in [3.8, 4) is 5.75 Å². The minimum absolute atomic E-state index is 0.108. The van der Waals surface area contributed by atoms with Gasteiger partial charge >= 0.3 is 0 Å². The van der Waals surface area contributed by atoms with Crippen LogP contribution in [-0.2, 0) is 6.54 Å². The molecule has 1 atom stereocenters. The van der Waals surface area contributed by atoms with Gasteiger partial charge < -0.3 is 14.9 Å². The summed E-state index contributed by atoms with van der Waals surface area (Å²) in [5.41, 5.74) is 2.38. The van der Waals surface area contributed by atoms with E-state index in [0.717, 1.165) is 73.0 Å². The molecule has 0 radical (unpaired) electrons. The van der Waals surface area contributed by atoms with E-state index in [4.69, 9.17) is 4.98 Å². The zero-order valence-electron chi connectivity index (χ0n) is 21.8. The van der Waals surface area contributed by atoms with Crippen LogP contribution in [0, 0.1) is 5.92 Å². The molecule has 1 saturated heterocycles. The quantitative estimate of drug-likeness (QED) is 0.372. The highest BCUT2D eigenvalue weighted by atomic mass is 16.3. The minimum atomic E-state index is 0.108. The molecule has 1 aliphatic heterocycles. The average molecular weight is 497 g/mol. The Morgan fingerprint density at radius 1 is 0.973 bits per heavy atom. The van der Waals surface area contributed by atoms with E-state index in [1.54, 1.807) is 6.07 Å². The van der Waals surface area contributed by atoms with Gasteiger partial charge in [-0.2, -0.15) is 0 Å². The smallest absolute Gasteiger partial charge is 0.253 e. The number of phenols is 1. The number of likely N-dealkylation sites (N-methyl/N-ethyl adjacent to an activating group) is 1. The maximum Gasteiger partial charge on any atom is 0.253 e. The number of benzene rings is 3. The van der Waals surface area contributed by atoms with E-state index >= 15 is 0 Å². The first-order chi connectivity index (χ1) is 18.0. The Morgan fingerprint density at radius 3 is 2.59 bits per heavy atom. The maximum absolute atomic E-state index is 13.7. The number of pyridine rings is 1. The van der Waals surface area contributed by atoms with Gasteiger partial charge in [-0.25, -0.2) is 4.98 Å². The third kappa shape index (κ3) is 6.09. The summed E-state index contributed by atoms with van der Waals surface area (Å²) in [6.07, 6.45) is 2.22. The van der Waals surface area contributed by atoms with E-state index < -0.39 is 0 Å². The molecular weight excluding hydrogens is 460 g/mol. The van der Waals surface area contributed by atoms with E-state index in [9.17, 15) is 9.90 Å². The van der Waals surface area contributed by atoms with E-state index in [-0.39, 0.29) is 11.7 Å². The number of aromatic nitrogens is 1. The van der Waals surface area contributed by atoms with Gasteiger partial charge in [-0.15, -0.1) is 0 Å². The van der Waals surface area contributed by atoms with Crippen molar-refractivity contribution in [2.24, 2.45) is 5.92 Å². The van der Waals surface area contributed by atoms with Gasteiger partial charge in [0.1, 0.15) is 11.3 Å². The number of likely N-dealkylation sites (tertiary alicyclic amines) is 1. The SMILES string of the molecule is CN(C)CCN(CC1CCCN(Cc2ccc3cccc(O)c3n2)C1)C(=O)c1ccc2ccccc2c1. The van der Waals surface area contributed by atoms with Crippen LogP contribution in [0.3, 0.4) is 0 Å². The van der Waals surface area contributed by atoms with Crippen molar-refractivity contribution in [2.45, 2.75) is 19.4 Å². The van der Waals surface area contributed by atoms with Gasteiger partial charge in [0, 0.05) is 43.7 Å². The number of piperidine rings is 1. The molecular formula is C31H36N4O2. The van der Waals surface area contributed by atoms with Gasteiger partial charge in [0.2, 0.25) is 0 Å². The molecule has 4 aromatic rings. The Bertz CT molecular complexity index is 1390. The molecule has 1 aliphatic rings. The minimum Gasteiger partial charge on any atom is -0.506 e. The number of aromatic hydroxyl groups is 1. The molecule has 6 heteroatoms. The van der Waals surface area contributed by atoms with E-state index in [1.807, 2.05) is 53.4 Å². The zero-order chi connectivity index (χ0) is 25.8. The molecule has 0 aliphatic carbocycles. The number of hydrogen-bond acceptors (Lipinski definition) is 5. The fourth-order valence-electron chi connectivity index (χ4n) is 5.35. The summed E-state index contributed by atoms with van der Waals surface area (Å²) >= 11 is 0. The van der Waals surface area contributed by atoms with Crippen molar-refractivity contribution >= 4 is 27.6 Å². The molecule has 6 nitrogen and oxygen atoms in total. The van der Waals surface area contributed by atoms with Crippen LogP contribution in [-0.4, -0.2) is 77.5 Å². The molecule has 0 bridgehead atoms. The molecule has 5 rings (SSSR count). The molecule has 0 spiro atoms. The Labute approximate surface area is 219 Å². The highest BCUT2D eigenvalue weighted by molar-refractivity contribution is 5.98. The second-order valence-corrected chi connectivity index (χ2v) is 10.5. The zero-order valence-corrected chi connectivity index (χ0v) is 21.8. The highest BCUT2D eigenvalue weighted by Crippen LogP contribution is 2.25. The first-order valence-electron chi connectivity index (χ1n) is 13.2. The molecule has 1 amide bonds. The lowest BCUT2D eigenvalue weighted by Crippen LogP contribution is -2.44. The lowest BCUT2D eigenvalue weighted by Gasteiger charge is -2.36. The molecule has 192 valence electrons. The topological polar surface area (TPSA) is 59.9 Å². The fourth-order valence-corrected chi connectivity index (χ4v) is 5.35. The molecule has 3 aromatic carbocycles. The summed E-state index contributed by atoms with van der Waals surface area (Å²) in [6.45, 7) is 5.00. The van der Waals surface area contributed by atoms with Crippen LogP contribution in [0.15, 0.2) is 72.8 Å². The van der Waals surface area contributed by atoms with Crippen LogP contribution in [0.1, 0.15) is 28.9 Å². The van der Waals surface area contributed by atoms with Gasteiger partial charge in [-0.3, -0.25) is 9.69 Å². The molecule has 2 heterocycles. The third-order valence-electron chi connectivity index (χ3n) is 7.32. The number of hydrogen-bond donors (Lipinski definition) is 1. The van der Waals surface area contributed by atoms with Gasteiger partial charge in [0.05, 0.1) is 5.69 Å². The standard InChI is InChI=1S/C31H36N4O2/c1-33(2)17-18-35(31(37)27-13-12-24-8-3-4-9-26(24)19-27)21-23-7-6-16-34(20-23)22-28-15-14-25-10-5-11-29(36)30(25)32-28/h3-5,8-15,19,23,36H,6-7,16-18,20-22H2,1-2H3. The summed E-state index contributed by atoms with van der Waals surface area (Å²) < 4.78 is 0. The van der Waals surface area contributed by atoms with Crippen LogP contribution in [0.5, 0.6) is 5.75 Å². The van der Waals surface area contributed by atoms with Crippen molar-refractivity contribution in [3.05, 3.63) is 84.1 Å². The molecule has 1 fully saturated rings. The lowest BCUT2D eigenvalue weighted by atomic mass is 9.96. The van der Waals surface area contributed by atoms with Crippen molar-refractivity contribution in [1.82, 2.24) is 19.7 Å². The molecule has 37 heavy (non-hydrogen) atoms. The van der Waals surface area contributed by atoms with Crippen molar-refractivity contribution in [3.63, 3.8) is 0 Å². The summed E-state index contributed by atoms with van der Waals surface area (Å²) in [6, 6.07) is 23.8. The molecule has 1 unspecified atom stereocenters. The number of para-hydroxylation sites is 1. The maximum atomic E-state index is 13.7. The Balaban J connectivity index is 1.29. The third-order valence-corrected chi connectivity index (χ3v) is 7.32. The number of amides is 1. The second-order valence-electron chi connectivity index (χ2n) is 10.5. The largest absolute Gasteiger partial charge is 0.506 e. The summed E-state index contributed by atoms with van der Waals surface area (Å²) in [4.78, 5) is 25.0. The van der Waals surface area contributed by atoms with Crippen molar-refractivity contribution in [2.75, 3.05) is 46.8 Å². The number of carbonyl (C=O) groups excluding carboxylic acids is 1. The number of phenolic OH excluding ortho intramolecular Hbond substituents is 1. The van der Waals surface area contributed by atoms with Crippen molar-refractivity contribution < 1.29 is 9.90 Å². The monoisotopic (exact) mass is 496 g/mol. The summed E-state index contributed by atoms with van der Waals surface area (Å²) in [7, 11) is 4.10. The van der Waals surface area contributed by atoms with Crippen molar-refractivity contribution in [1.29, 1.82) is 0 Å². The fraction of sp³-hybridized carbons (Fsp3) is 0.355. The van der Waals surface area contributed by atoms with Crippen LogP contribution < -0.4 is 0 Å². The van der Waals surface area contributed by atoms with Gasteiger partial charge in [0.15, 0.2) is 0 Å². The Kier molecular flexibility index (Phi) is 7.68. The lowest BCUT2D eigenvalue weighted by molar-refractivity contribution is 0.0660. The highest BCUT2D eigenvalue weighted by Gasteiger charge is 2.25. The first-order valence-corrected chi connectivity index (χ1v) is 13.2. The van der Waals surface area contributed by atoms with Gasteiger partial charge in [-0.1, -0.05) is 48.5 Å². The van der Waals surface area contributed by atoms with Crippen LogP contribution in [0.25, 0.3) is 21.7 Å². The normalized spacial score (nSPS) is 16.5. The summed E-state index contributed by atoms with van der Waals surface area (Å²) in [5.74, 6) is 0.741. The number of rotatable bonds is 8. The second kappa shape index (κ2) is 11.3. The predicted octanol–water partition coefficient (Wildman–Crippen LogP) is 5.01. The van der Waals surface area contributed by atoms with Gasteiger partial charge in [-0.05, 0) is 74.4 Å². The van der Waals surface area contributed by atoms with E-state index in [0.29, 0.717) is 18.0 Å².